The van der Waals surface area contributed by atoms with E-state index >= 15 is 0 Å². The number of nitrogens with zero attached hydrogens (tertiary/aromatic N) is 5. The number of pyridine rings is 1. The number of carbonyl (C=O) groups excluding carboxylic acids is 1. The first-order valence-corrected chi connectivity index (χ1v) is 9.51. The van der Waals surface area contributed by atoms with Crippen LogP contribution in [-0.2, 0) is 11.8 Å². The third kappa shape index (κ3) is 4.21. The number of rotatable bonds is 5. The molecule has 0 saturated carbocycles. The maximum absolute atomic E-state index is 13.8. The van der Waals surface area contributed by atoms with E-state index < -0.39 is 46.6 Å². The second kappa shape index (κ2) is 9.01. The third-order valence-electron chi connectivity index (χ3n) is 4.13. The van der Waals surface area contributed by atoms with Crippen LogP contribution in [0.4, 0.5) is 29.1 Å². The molecule has 0 spiro atoms. The van der Waals surface area contributed by atoms with Crippen LogP contribution in [0.5, 0.6) is 5.95 Å². The van der Waals surface area contributed by atoms with Gasteiger partial charge in [-0.1, -0.05) is 16.4 Å². The number of benzene rings is 1. The van der Waals surface area contributed by atoms with E-state index in [2.05, 4.69) is 14.8 Å². The second-order valence-electron chi connectivity index (χ2n) is 6.16. The van der Waals surface area contributed by atoms with Crippen molar-refractivity contribution >= 4 is 29.2 Å². The van der Waals surface area contributed by atoms with Crippen molar-refractivity contribution in [1.82, 2.24) is 10.3 Å². The number of hydrogen-bond donors (Lipinski definition) is 2. The Morgan fingerprint density at radius 2 is 1.85 bits per heavy atom. The van der Waals surface area contributed by atoms with E-state index in [1.54, 1.807) is 17.5 Å². The molecule has 33 heavy (non-hydrogen) atoms. The lowest BCUT2D eigenvalue weighted by atomic mass is 10.0. The summed E-state index contributed by atoms with van der Waals surface area (Å²) < 4.78 is 59.6. The zero-order chi connectivity index (χ0) is 24.4. The number of aryl methyl sites for hydroxylation is 1. The number of hydrogen-bond acceptors (Lipinski definition) is 9. The van der Waals surface area contributed by atoms with Crippen molar-refractivity contribution < 1.29 is 36.7 Å². The van der Waals surface area contributed by atoms with E-state index in [9.17, 15) is 38.0 Å². The van der Waals surface area contributed by atoms with Crippen LogP contribution < -0.4 is 20.8 Å². The minimum atomic E-state index is -1.81. The summed E-state index contributed by atoms with van der Waals surface area (Å²) in [6.45, 7) is 0. The van der Waals surface area contributed by atoms with Crippen LogP contribution in [0.25, 0.3) is 11.3 Å². The van der Waals surface area contributed by atoms with Crippen LogP contribution in [0.2, 0.25) is 0 Å². The monoisotopic (exact) mass is 479 g/mol. The molecule has 0 aliphatic heterocycles. The molecule has 1 aromatic carbocycles. The summed E-state index contributed by atoms with van der Waals surface area (Å²) in [4.78, 5) is 16.0. The molecule has 0 atom stereocenters. The van der Waals surface area contributed by atoms with Gasteiger partial charge in [0.15, 0.2) is 36.3 Å². The van der Waals surface area contributed by atoms with Crippen molar-refractivity contribution in [2.45, 2.75) is 5.03 Å². The third-order valence-corrected chi connectivity index (χ3v) is 5.11. The summed E-state index contributed by atoms with van der Waals surface area (Å²) in [5.41, 5.74) is 3.24. The van der Waals surface area contributed by atoms with Gasteiger partial charge in [-0.25, -0.2) is 22.5 Å². The number of halogens is 4. The number of thioether (sulfide) groups is 1. The minimum absolute atomic E-state index is 0.0196. The highest BCUT2D eigenvalue weighted by Crippen LogP contribution is 2.36. The lowest BCUT2D eigenvalue weighted by Crippen LogP contribution is -2.32. The first kappa shape index (κ1) is 23.3. The Labute approximate surface area is 185 Å². The summed E-state index contributed by atoms with van der Waals surface area (Å²) in [6, 6.07) is 3.46. The van der Waals surface area contributed by atoms with Gasteiger partial charge < -0.3 is 20.7 Å². The van der Waals surface area contributed by atoms with Gasteiger partial charge in [-0.05, 0) is 0 Å². The number of aromatic nitrogens is 3. The molecular weight excluding hydrogens is 470 g/mol. The van der Waals surface area contributed by atoms with Gasteiger partial charge in [-0.3, -0.25) is 4.79 Å². The Kier molecular flexibility index (Phi) is 6.36. The first-order valence-electron chi connectivity index (χ1n) is 8.53. The average Bonchev–Trinajstić information content (AvgIpc) is 3.10. The van der Waals surface area contributed by atoms with Crippen LogP contribution in [-0.4, -0.2) is 21.9 Å². The zero-order valence-electron chi connectivity index (χ0n) is 16.2. The smallest absolute Gasteiger partial charge is 0.266 e. The Balaban J connectivity index is 1.97. The molecule has 15 heteroatoms. The molecule has 3 aromatic rings. The SMILES string of the molecule is C[n+]1noc([O-])c1-c1c(C#N)c(N)nc(SCC(=O)Nc2c(F)c(F)cc(F)c2F)c1C#N. The van der Waals surface area contributed by atoms with Crippen LogP contribution in [0.3, 0.4) is 0 Å². The minimum Gasteiger partial charge on any atom is -0.539 e. The Hall–Kier alpha value is -4.37. The fourth-order valence-electron chi connectivity index (χ4n) is 2.71. The Bertz CT molecular complexity index is 1340. The topological polar surface area (TPSA) is 169 Å². The molecule has 0 aliphatic carbocycles. The molecule has 1 amide bonds. The fourth-order valence-corrected chi connectivity index (χ4v) is 3.50. The molecule has 0 unspecified atom stereocenters. The number of nitrogens with one attached hydrogen (secondary N) is 1. The summed E-state index contributed by atoms with van der Waals surface area (Å²) in [5.74, 6) is -10.2. The molecular formula is C18H9F4N7O3S. The maximum Gasteiger partial charge on any atom is 0.266 e. The molecule has 0 bridgehead atoms. The fraction of sp³-hybridized carbons (Fsp3) is 0.111. The van der Waals surface area contributed by atoms with Crippen LogP contribution in [0, 0.1) is 45.9 Å². The van der Waals surface area contributed by atoms with E-state index in [4.69, 9.17) is 5.73 Å². The molecule has 0 radical (unpaired) electrons. The first-order chi connectivity index (χ1) is 15.6. The van der Waals surface area contributed by atoms with Gasteiger partial charge >= 0.3 is 0 Å². The summed E-state index contributed by atoms with van der Waals surface area (Å²) >= 11 is 0.546. The molecule has 3 N–H and O–H groups in total. The maximum atomic E-state index is 13.8. The van der Waals surface area contributed by atoms with Crippen molar-refractivity contribution in [2.24, 2.45) is 7.05 Å². The van der Waals surface area contributed by atoms with Crippen LogP contribution >= 0.6 is 11.8 Å². The number of nitriles is 2. The molecule has 168 valence electrons. The molecule has 3 rings (SSSR count). The van der Waals surface area contributed by atoms with Gasteiger partial charge in [-0.2, -0.15) is 10.5 Å². The van der Waals surface area contributed by atoms with Crippen molar-refractivity contribution in [3.63, 3.8) is 0 Å². The Morgan fingerprint density at radius 3 is 2.36 bits per heavy atom. The van der Waals surface area contributed by atoms with Crippen LogP contribution in [0.1, 0.15) is 11.1 Å². The number of anilines is 2. The van der Waals surface area contributed by atoms with Gasteiger partial charge in [0.2, 0.25) is 5.91 Å². The molecule has 0 fully saturated rings. The van der Waals surface area contributed by atoms with E-state index in [0.717, 1.165) is 4.68 Å². The molecule has 10 nitrogen and oxygen atoms in total. The largest absolute Gasteiger partial charge is 0.539 e. The number of nitrogens with two attached hydrogens (primary N) is 1. The van der Waals surface area contributed by atoms with E-state index in [1.165, 1.54) is 7.05 Å². The van der Waals surface area contributed by atoms with Crippen molar-refractivity contribution in [1.29, 1.82) is 10.5 Å². The highest BCUT2D eigenvalue weighted by Gasteiger charge is 2.29. The standard InChI is InChI=1S/C18H9F4N7O3S/c1-29-15(18(31)32-28-29)11-6(3-23)16(25)27-17(7(11)4-24)33-5-10(30)26-14-12(21)8(19)2-9(20)13(14)22/h2H,5H2,1H3,(H3-,25,26,27,28,30,31). The molecule has 2 heterocycles. The molecule has 2 aromatic heterocycles. The summed E-state index contributed by atoms with van der Waals surface area (Å²) in [5, 5.41) is 36.0. The zero-order valence-corrected chi connectivity index (χ0v) is 17.1. The van der Waals surface area contributed by atoms with E-state index in [-0.39, 0.29) is 39.3 Å². The quantitative estimate of drug-likeness (QED) is 0.237. The van der Waals surface area contributed by atoms with Crippen molar-refractivity contribution in [3.05, 3.63) is 40.5 Å². The van der Waals surface area contributed by atoms with Crippen LogP contribution in [0.15, 0.2) is 15.6 Å². The lowest BCUT2D eigenvalue weighted by molar-refractivity contribution is -0.730. The number of amides is 1. The lowest BCUT2D eigenvalue weighted by Gasteiger charge is -2.11. The predicted octanol–water partition coefficient (Wildman–Crippen LogP) is 1.25. The highest BCUT2D eigenvalue weighted by atomic mass is 32.2. The van der Waals surface area contributed by atoms with Crippen molar-refractivity contribution in [2.75, 3.05) is 16.8 Å². The van der Waals surface area contributed by atoms with Gasteiger partial charge in [0.25, 0.3) is 5.69 Å². The average molecular weight is 479 g/mol. The number of carbonyl (C=O) groups is 1. The molecule has 0 saturated heterocycles. The van der Waals surface area contributed by atoms with Gasteiger partial charge in [0.05, 0.1) is 22.2 Å². The second-order valence-corrected chi connectivity index (χ2v) is 7.13. The van der Waals surface area contributed by atoms with Crippen molar-refractivity contribution in [3.8, 4) is 29.3 Å². The van der Waals surface area contributed by atoms with Gasteiger partial charge in [0.1, 0.15) is 34.2 Å². The highest BCUT2D eigenvalue weighted by molar-refractivity contribution is 8.00. The Morgan fingerprint density at radius 1 is 1.24 bits per heavy atom. The van der Waals surface area contributed by atoms with E-state index in [1.807, 2.05) is 0 Å². The van der Waals surface area contributed by atoms with Gasteiger partial charge in [0, 0.05) is 6.07 Å². The summed E-state index contributed by atoms with van der Waals surface area (Å²) in [6.07, 6.45) is 0. The molecule has 0 aliphatic rings. The van der Waals surface area contributed by atoms with Gasteiger partial charge in [-0.15, -0.1) is 0 Å². The number of nitrogen functional groups attached to an aromatic ring is 1. The van der Waals surface area contributed by atoms with E-state index in [0.29, 0.717) is 11.8 Å². The normalized spacial score (nSPS) is 10.5. The summed E-state index contributed by atoms with van der Waals surface area (Å²) in [7, 11) is 1.31. The predicted molar refractivity (Wildman–Crippen MR) is 99.8 cm³/mol.